The highest BCUT2D eigenvalue weighted by Crippen LogP contribution is 2.55. The third-order valence-corrected chi connectivity index (χ3v) is 11.3. The van der Waals surface area contributed by atoms with E-state index in [1.54, 1.807) is 0 Å². The number of hydrogen-bond acceptors (Lipinski definition) is 0. The fourth-order valence-corrected chi connectivity index (χ4v) is 8.89. The summed E-state index contributed by atoms with van der Waals surface area (Å²) in [4.78, 5) is 0. The van der Waals surface area contributed by atoms with Gasteiger partial charge >= 0.3 is 0 Å². The minimum Gasteiger partial charge on any atom is -0.0758 e. The topological polar surface area (TPSA) is 0 Å². The van der Waals surface area contributed by atoms with Gasteiger partial charge in [-0.25, -0.2) is 0 Å². The van der Waals surface area contributed by atoms with Crippen molar-refractivity contribution < 1.29 is 0 Å². The Morgan fingerprint density at radius 1 is 0.489 bits per heavy atom. The van der Waals surface area contributed by atoms with Gasteiger partial charge < -0.3 is 0 Å². The summed E-state index contributed by atoms with van der Waals surface area (Å²) in [5, 5.41) is 5.29. The Kier molecular flexibility index (Phi) is 5.56. The molecule has 0 heterocycles. The van der Waals surface area contributed by atoms with Crippen LogP contribution in [0.1, 0.15) is 36.5 Å². The Morgan fingerprint density at radius 3 is 2.04 bits per heavy atom. The predicted octanol–water partition coefficient (Wildman–Crippen LogP) is 12.6. The quantitative estimate of drug-likeness (QED) is 0.190. The summed E-state index contributed by atoms with van der Waals surface area (Å²) < 4.78 is 0. The Balaban J connectivity index is 1.02. The van der Waals surface area contributed by atoms with Crippen LogP contribution in [-0.2, 0) is 5.41 Å². The first kappa shape index (κ1) is 26.7. The molecule has 0 radical (unpaired) electrons. The lowest BCUT2D eigenvalue weighted by atomic mass is 9.72. The molecule has 2 unspecified atom stereocenters. The van der Waals surface area contributed by atoms with Crippen molar-refractivity contribution in [2.45, 2.75) is 25.2 Å². The lowest BCUT2D eigenvalue weighted by Gasteiger charge is -2.31. The summed E-state index contributed by atoms with van der Waals surface area (Å²) in [5.41, 5.74) is 16.1. The monoisotopic (exact) mass is 598 g/mol. The lowest BCUT2D eigenvalue weighted by Crippen LogP contribution is -2.25. The minimum atomic E-state index is 0.0210. The lowest BCUT2D eigenvalue weighted by molar-refractivity contribution is 0.395. The number of rotatable bonds is 3. The molecule has 3 aliphatic rings. The molecule has 0 aromatic heterocycles. The molecule has 0 bridgehead atoms. The van der Waals surface area contributed by atoms with Crippen LogP contribution in [0.4, 0.5) is 0 Å². The van der Waals surface area contributed by atoms with Gasteiger partial charge in [0, 0.05) is 5.92 Å². The van der Waals surface area contributed by atoms with Crippen molar-refractivity contribution >= 4 is 27.1 Å². The molecule has 10 rings (SSSR count). The SMILES string of the molecule is CC1(C)c2cc(-c3ccc4ccccc4c3)ccc2C2C=CC(c3cccc(-c4ccc5c6c(cccc46)-c4ccccc4-5)c3)=CC21. The van der Waals surface area contributed by atoms with Gasteiger partial charge in [-0.15, -0.1) is 0 Å². The van der Waals surface area contributed by atoms with E-state index in [1.807, 2.05) is 0 Å². The van der Waals surface area contributed by atoms with E-state index in [-0.39, 0.29) is 5.41 Å². The van der Waals surface area contributed by atoms with E-state index in [4.69, 9.17) is 0 Å². The van der Waals surface area contributed by atoms with E-state index in [0.717, 1.165) is 0 Å². The van der Waals surface area contributed by atoms with E-state index in [0.29, 0.717) is 11.8 Å². The Bertz CT molecular complexity index is 2470. The van der Waals surface area contributed by atoms with Crippen LogP contribution in [-0.4, -0.2) is 0 Å². The van der Waals surface area contributed by atoms with Crippen LogP contribution in [0, 0.1) is 5.92 Å². The summed E-state index contributed by atoms with van der Waals surface area (Å²) in [5.74, 6) is 0.805. The second kappa shape index (κ2) is 9.77. The third-order valence-electron chi connectivity index (χ3n) is 11.3. The van der Waals surface area contributed by atoms with E-state index in [1.165, 1.54) is 88.3 Å². The van der Waals surface area contributed by atoms with Gasteiger partial charge in [0.2, 0.25) is 0 Å². The summed E-state index contributed by atoms with van der Waals surface area (Å²) in [7, 11) is 0. The van der Waals surface area contributed by atoms with E-state index in [9.17, 15) is 0 Å². The van der Waals surface area contributed by atoms with Crippen molar-refractivity contribution in [2.75, 3.05) is 0 Å². The highest BCUT2D eigenvalue weighted by atomic mass is 14.5. The number of hydrogen-bond donors (Lipinski definition) is 0. The third kappa shape index (κ3) is 3.88. The maximum absolute atomic E-state index is 2.56. The maximum Gasteiger partial charge on any atom is 0.00957 e. The fourth-order valence-electron chi connectivity index (χ4n) is 8.89. The summed E-state index contributed by atoms with van der Waals surface area (Å²) >= 11 is 0. The predicted molar refractivity (Wildman–Crippen MR) is 200 cm³/mol. The van der Waals surface area contributed by atoms with Crippen LogP contribution in [0.25, 0.3) is 71.6 Å². The molecule has 2 atom stereocenters. The molecular formula is C47H34. The Hall–Kier alpha value is -5.46. The number of fused-ring (bicyclic) bond motifs is 7. The molecule has 0 spiro atoms. The van der Waals surface area contributed by atoms with Gasteiger partial charge in [-0.2, -0.15) is 0 Å². The molecule has 0 N–H and O–H groups in total. The van der Waals surface area contributed by atoms with Crippen LogP contribution in [0.2, 0.25) is 0 Å². The van der Waals surface area contributed by atoms with Gasteiger partial charge in [-0.1, -0.05) is 159 Å². The summed E-state index contributed by atoms with van der Waals surface area (Å²) in [6.07, 6.45) is 7.39. The molecule has 7 aromatic rings. The van der Waals surface area contributed by atoms with Gasteiger partial charge in [0.1, 0.15) is 0 Å². The molecule has 0 aliphatic heterocycles. The maximum atomic E-state index is 2.56. The summed E-state index contributed by atoms with van der Waals surface area (Å²) in [6, 6.07) is 52.1. The molecule has 0 fully saturated rings. The molecular weight excluding hydrogens is 565 g/mol. The second-order valence-electron chi connectivity index (χ2n) is 14.1. The Labute approximate surface area is 276 Å². The van der Waals surface area contributed by atoms with Crippen LogP contribution < -0.4 is 0 Å². The zero-order valence-electron chi connectivity index (χ0n) is 26.7. The Morgan fingerprint density at radius 2 is 1.17 bits per heavy atom. The zero-order valence-corrected chi connectivity index (χ0v) is 26.7. The van der Waals surface area contributed by atoms with Gasteiger partial charge in [-0.3, -0.25) is 0 Å². The zero-order chi connectivity index (χ0) is 31.3. The van der Waals surface area contributed by atoms with Crippen molar-refractivity contribution in [3.63, 3.8) is 0 Å². The van der Waals surface area contributed by atoms with Crippen molar-refractivity contribution in [3.05, 3.63) is 174 Å². The summed E-state index contributed by atoms with van der Waals surface area (Å²) in [6.45, 7) is 4.88. The van der Waals surface area contributed by atoms with Crippen molar-refractivity contribution in [2.24, 2.45) is 5.92 Å². The molecule has 47 heavy (non-hydrogen) atoms. The normalized spacial score (nSPS) is 18.2. The molecule has 0 nitrogen and oxygen atoms in total. The highest BCUT2D eigenvalue weighted by Gasteiger charge is 2.45. The molecule has 0 heteroatoms. The van der Waals surface area contributed by atoms with Gasteiger partial charge in [0.25, 0.3) is 0 Å². The van der Waals surface area contributed by atoms with Crippen LogP contribution in [0.3, 0.4) is 0 Å². The van der Waals surface area contributed by atoms with Crippen molar-refractivity contribution in [1.82, 2.24) is 0 Å². The number of allylic oxidation sites excluding steroid dienone is 4. The van der Waals surface area contributed by atoms with Crippen LogP contribution in [0.5, 0.6) is 0 Å². The van der Waals surface area contributed by atoms with Gasteiger partial charge in [0.05, 0.1) is 0 Å². The largest absolute Gasteiger partial charge is 0.0758 e. The van der Waals surface area contributed by atoms with E-state index >= 15 is 0 Å². The first-order chi connectivity index (χ1) is 23.0. The minimum absolute atomic E-state index is 0.0210. The average Bonchev–Trinajstić information content (AvgIpc) is 3.57. The fraction of sp³-hybridized carbons (Fsp3) is 0.106. The highest BCUT2D eigenvalue weighted by molar-refractivity contribution is 6.18. The van der Waals surface area contributed by atoms with E-state index < -0.39 is 0 Å². The molecule has 0 saturated carbocycles. The van der Waals surface area contributed by atoms with Crippen LogP contribution in [0.15, 0.2) is 158 Å². The molecule has 0 saturated heterocycles. The first-order valence-electron chi connectivity index (χ1n) is 16.8. The van der Waals surface area contributed by atoms with Crippen molar-refractivity contribution in [1.29, 1.82) is 0 Å². The van der Waals surface area contributed by atoms with Gasteiger partial charge in [0.15, 0.2) is 0 Å². The number of benzene rings is 7. The standard InChI is InChI=1S/C47H34/c1-47(2)44-27-33(19-21-39(44)40-22-20-34(28-45(40)47)32-18-17-29-9-3-4-10-30(29)25-32)31-11-7-12-35(26-31)36-23-24-43-38-14-6-5-13-37(38)42-16-8-15-41(36)46(42)43/h3-28,39,44H,1-2H3. The molecule has 222 valence electrons. The van der Waals surface area contributed by atoms with Crippen LogP contribution >= 0.6 is 0 Å². The molecule has 7 aromatic carbocycles. The smallest absolute Gasteiger partial charge is 0.00957 e. The second-order valence-corrected chi connectivity index (χ2v) is 14.1. The molecule has 3 aliphatic carbocycles. The average molecular weight is 599 g/mol. The molecule has 0 amide bonds. The van der Waals surface area contributed by atoms with Crippen molar-refractivity contribution in [3.8, 4) is 44.5 Å². The first-order valence-corrected chi connectivity index (χ1v) is 16.8. The van der Waals surface area contributed by atoms with E-state index in [2.05, 4.69) is 172 Å². The van der Waals surface area contributed by atoms with Gasteiger partial charge in [-0.05, 0) is 112 Å².